The van der Waals surface area contributed by atoms with Gasteiger partial charge in [-0.05, 0) is 42.3 Å². The van der Waals surface area contributed by atoms with Gasteiger partial charge in [-0.3, -0.25) is 4.79 Å². The molecular formula is C19H19ClN4OS. The molecule has 0 aliphatic carbocycles. The van der Waals surface area contributed by atoms with E-state index in [9.17, 15) is 4.79 Å². The zero-order chi connectivity index (χ0) is 18.5. The predicted molar refractivity (Wildman–Crippen MR) is 105 cm³/mol. The van der Waals surface area contributed by atoms with E-state index in [1.807, 2.05) is 67.1 Å². The number of thioether (sulfide) groups is 1. The van der Waals surface area contributed by atoms with Crippen molar-refractivity contribution in [1.82, 2.24) is 20.1 Å². The van der Waals surface area contributed by atoms with Gasteiger partial charge in [0.1, 0.15) is 0 Å². The summed E-state index contributed by atoms with van der Waals surface area (Å²) in [6.07, 6.45) is 0. The van der Waals surface area contributed by atoms with Crippen LogP contribution in [0.2, 0.25) is 5.02 Å². The third-order valence-electron chi connectivity index (χ3n) is 4.01. The number of carbonyl (C=O) groups excluding carboxylic acids is 1. The van der Waals surface area contributed by atoms with E-state index in [-0.39, 0.29) is 5.91 Å². The molecule has 1 aromatic heterocycles. The maximum absolute atomic E-state index is 12.1. The maximum Gasteiger partial charge on any atom is 0.230 e. The highest BCUT2D eigenvalue weighted by Gasteiger charge is 2.13. The Hall–Kier alpha value is -2.31. The zero-order valence-electron chi connectivity index (χ0n) is 14.6. The smallest absolute Gasteiger partial charge is 0.230 e. The van der Waals surface area contributed by atoms with Gasteiger partial charge in [0.25, 0.3) is 0 Å². The molecule has 1 amide bonds. The lowest BCUT2D eigenvalue weighted by Gasteiger charge is -2.08. The monoisotopic (exact) mass is 386 g/mol. The first kappa shape index (κ1) is 18.5. The van der Waals surface area contributed by atoms with Crippen molar-refractivity contribution in [3.05, 3.63) is 64.7 Å². The number of hydrogen-bond acceptors (Lipinski definition) is 4. The van der Waals surface area contributed by atoms with E-state index in [2.05, 4.69) is 15.5 Å². The van der Waals surface area contributed by atoms with E-state index >= 15 is 0 Å². The summed E-state index contributed by atoms with van der Waals surface area (Å²) >= 11 is 7.29. The van der Waals surface area contributed by atoms with E-state index in [0.717, 1.165) is 17.0 Å². The molecule has 1 N–H and O–H groups in total. The van der Waals surface area contributed by atoms with Gasteiger partial charge in [-0.25, -0.2) is 0 Å². The average molecular weight is 387 g/mol. The second-order valence-corrected chi connectivity index (χ2v) is 7.24. The van der Waals surface area contributed by atoms with E-state index < -0.39 is 0 Å². The number of nitrogens with one attached hydrogen (secondary N) is 1. The van der Waals surface area contributed by atoms with Crippen molar-refractivity contribution < 1.29 is 4.79 Å². The molecule has 0 saturated heterocycles. The lowest BCUT2D eigenvalue weighted by molar-refractivity contribution is -0.118. The van der Waals surface area contributed by atoms with Gasteiger partial charge in [0.15, 0.2) is 11.0 Å². The molecule has 0 aliphatic rings. The highest BCUT2D eigenvalue weighted by Crippen LogP contribution is 2.23. The molecule has 2 aromatic carbocycles. The molecule has 7 heteroatoms. The molecule has 0 bridgehead atoms. The van der Waals surface area contributed by atoms with E-state index in [1.54, 1.807) is 0 Å². The van der Waals surface area contributed by atoms with Crippen molar-refractivity contribution in [3.8, 4) is 11.4 Å². The molecule has 26 heavy (non-hydrogen) atoms. The van der Waals surface area contributed by atoms with Crippen molar-refractivity contribution in [1.29, 1.82) is 0 Å². The van der Waals surface area contributed by atoms with Crippen LogP contribution in [0.1, 0.15) is 11.1 Å². The second-order valence-electron chi connectivity index (χ2n) is 5.86. The molecule has 5 nitrogen and oxygen atoms in total. The first-order valence-corrected chi connectivity index (χ1v) is 9.50. The second kappa shape index (κ2) is 8.38. The summed E-state index contributed by atoms with van der Waals surface area (Å²) in [6, 6.07) is 15.4. The Morgan fingerprint density at radius 2 is 1.88 bits per heavy atom. The molecule has 0 radical (unpaired) electrons. The standard InChI is InChI=1S/C19H19ClN4OS/c1-13-5-3-4-6-15(13)11-21-17(25)12-26-19-23-22-18(24(19)2)14-7-9-16(20)10-8-14/h3-10H,11-12H2,1-2H3,(H,21,25). The van der Waals surface area contributed by atoms with E-state index in [0.29, 0.717) is 22.5 Å². The van der Waals surface area contributed by atoms with Crippen molar-refractivity contribution in [2.45, 2.75) is 18.6 Å². The van der Waals surface area contributed by atoms with Crippen LogP contribution in [0.15, 0.2) is 53.7 Å². The van der Waals surface area contributed by atoms with Crippen LogP contribution < -0.4 is 5.32 Å². The number of halogens is 1. The molecule has 0 atom stereocenters. The number of aromatic nitrogens is 3. The fraction of sp³-hybridized carbons (Fsp3) is 0.211. The number of nitrogens with zero attached hydrogens (tertiary/aromatic N) is 3. The van der Waals surface area contributed by atoms with Crippen LogP contribution in [-0.4, -0.2) is 26.4 Å². The van der Waals surface area contributed by atoms with Gasteiger partial charge >= 0.3 is 0 Å². The van der Waals surface area contributed by atoms with Crippen molar-refractivity contribution in [2.24, 2.45) is 7.05 Å². The van der Waals surface area contributed by atoms with E-state index in [4.69, 9.17) is 11.6 Å². The Balaban J connectivity index is 1.57. The molecule has 0 aliphatic heterocycles. The lowest BCUT2D eigenvalue weighted by Crippen LogP contribution is -2.25. The highest BCUT2D eigenvalue weighted by molar-refractivity contribution is 7.99. The normalized spacial score (nSPS) is 10.7. The van der Waals surface area contributed by atoms with Crippen LogP contribution in [0, 0.1) is 6.92 Å². The number of benzene rings is 2. The van der Waals surface area contributed by atoms with Crippen LogP contribution in [0.5, 0.6) is 0 Å². The SMILES string of the molecule is Cc1ccccc1CNC(=O)CSc1nnc(-c2ccc(Cl)cc2)n1C. The van der Waals surface area contributed by atoms with Gasteiger partial charge in [-0.15, -0.1) is 10.2 Å². The third kappa shape index (κ3) is 4.45. The number of hydrogen-bond donors (Lipinski definition) is 1. The van der Waals surface area contributed by atoms with Crippen molar-refractivity contribution in [2.75, 3.05) is 5.75 Å². The minimum absolute atomic E-state index is 0.0331. The molecule has 0 fully saturated rings. The first-order chi connectivity index (χ1) is 12.5. The first-order valence-electron chi connectivity index (χ1n) is 8.14. The van der Waals surface area contributed by atoms with Gasteiger partial charge in [-0.2, -0.15) is 0 Å². The summed E-state index contributed by atoms with van der Waals surface area (Å²) < 4.78 is 1.88. The zero-order valence-corrected chi connectivity index (χ0v) is 16.1. The fourth-order valence-electron chi connectivity index (χ4n) is 2.47. The molecule has 0 saturated carbocycles. The largest absolute Gasteiger partial charge is 0.351 e. The van der Waals surface area contributed by atoms with Crippen LogP contribution >= 0.6 is 23.4 Å². The van der Waals surface area contributed by atoms with Crippen LogP contribution in [-0.2, 0) is 18.4 Å². The number of aryl methyl sites for hydroxylation is 1. The Labute approximate surface area is 161 Å². The minimum atomic E-state index is -0.0331. The maximum atomic E-state index is 12.1. The molecular weight excluding hydrogens is 368 g/mol. The summed E-state index contributed by atoms with van der Waals surface area (Å²) in [7, 11) is 1.89. The summed E-state index contributed by atoms with van der Waals surface area (Å²) in [6.45, 7) is 2.56. The van der Waals surface area contributed by atoms with Gasteiger partial charge in [-0.1, -0.05) is 47.6 Å². The quantitative estimate of drug-likeness (QED) is 0.653. The number of amides is 1. The van der Waals surface area contributed by atoms with E-state index in [1.165, 1.54) is 17.3 Å². The summed E-state index contributed by atoms with van der Waals surface area (Å²) in [4.78, 5) is 12.1. The topological polar surface area (TPSA) is 59.8 Å². The molecule has 0 spiro atoms. The van der Waals surface area contributed by atoms with Gasteiger partial charge in [0, 0.05) is 24.2 Å². The van der Waals surface area contributed by atoms with Crippen LogP contribution in [0.4, 0.5) is 0 Å². The summed E-state index contributed by atoms with van der Waals surface area (Å²) in [5, 5.41) is 12.7. The van der Waals surface area contributed by atoms with Gasteiger partial charge in [0.2, 0.25) is 5.91 Å². The van der Waals surface area contributed by atoms with Gasteiger partial charge < -0.3 is 9.88 Å². The summed E-state index contributed by atoms with van der Waals surface area (Å²) in [5.74, 6) is 0.997. The minimum Gasteiger partial charge on any atom is -0.351 e. The van der Waals surface area contributed by atoms with Crippen molar-refractivity contribution >= 4 is 29.3 Å². The molecule has 134 valence electrons. The molecule has 0 unspecified atom stereocenters. The molecule has 3 rings (SSSR count). The van der Waals surface area contributed by atoms with Gasteiger partial charge in [0.05, 0.1) is 5.75 Å². The Morgan fingerprint density at radius 3 is 2.62 bits per heavy atom. The molecule has 1 heterocycles. The summed E-state index contributed by atoms with van der Waals surface area (Å²) in [5.41, 5.74) is 3.22. The predicted octanol–water partition coefficient (Wildman–Crippen LogP) is 3.85. The lowest BCUT2D eigenvalue weighted by atomic mass is 10.1. The van der Waals surface area contributed by atoms with Crippen LogP contribution in [0.3, 0.4) is 0 Å². The molecule has 3 aromatic rings. The Kier molecular flexibility index (Phi) is 5.96. The van der Waals surface area contributed by atoms with Crippen LogP contribution in [0.25, 0.3) is 11.4 Å². The number of rotatable bonds is 6. The number of carbonyl (C=O) groups is 1. The van der Waals surface area contributed by atoms with Crippen molar-refractivity contribution in [3.63, 3.8) is 0 Å². The fourth-order valence-corrected chi connectivity index (χ4v) is 3.34. The Bertz CT molecular complexity index is 908. The third-order valence-corrected chi connectivity index (χ3v) is 5.28. The Morgan fingerprint density at radius 1 is 1.15 bits per heavy atom. The highest BCUT2D eigenvalue weighted by atomic mass is 35.5. The average Bonchev–Trinajstić information content (AvgIpc) is 3.00.